The van der Waals surface area contributed by atoms with E-state index in [2.05, 4.69) is 41.5 Å². The highest BCUT2D eigenvalue weighted by Gasteiger charge is 2.24. The predicted octanol–water partition coefficient (Wildman–Crippen LogP) is 3.34. The largest absolute Gasteiger partial charge is 0.416 e. The number of carbonyl (C=O) groups is 1. The Labute approximate surface area is 141 Å². The van der Waals surface area contributed by atoms with E-state index >= 15 is 0 Å². The maximum Gasteiger partial charge on any atom is 0.277 e. The lowest BCUT2D eigenvalue weighted by Gasteiger charge is -2.29. The second kappa shape index (κ2) is 7.64. The van der Waals surface area contributed by atoms with Crippen molar-refractivity contribution < 1.29 is 9.21 Å². The number of benzene rings is 1. The molecule has 0 fully saturated rings. The van der Waals surface area contributed by atoms with Gasteiger partial charge in [0.05, 0.1) is 5.75 Å². The third-order valence-corrected chi connectivity index (χ3v) is 4.43. The van der Waals surface area contributed by atoms with Crippen molar-refractivity contribution in [1.82, 2.24) is 15.5 Å². The average molecular weight is 333 g/mol. The zero-order valence-corrected chi connectivity index (χ0v) is 14.8. The van der Waals surface area contributed by atoms with Gasteiger partial charge < -0.3 is 9.73 Å². The Morgan fingerprint density at radius 3 is 2.61 bits per heavy atom. The van der Waals surface area contributed by atoms with E-state index in [-0.39, 0.29) is 23.1 Å². The quantitative estimate of drug-likeness (QED) is 0.787. The third-order valence-electron chi connectivity index (χ3n) is 3.61. The van der Waals surface area contributed by atoms with E-state index in [0.717, 1.165) is 6.42 Å². The van der Waals surface area contributed by atoms with Crippen LogP contribution in [0.2, 0.25) is 0 Å². The second-order valence-corrected chi connectivity index (χ2v) is 7.22. The van der Waals surface area contributed by atoms with Gasteiger partial charge >= 0.3 is 0 Å². The van der Waals surface area contributed by atoms with Crippen molar-refractivity contribution in [2.45, 2.75) is 50.8 Å². The third kappa shape index (κ3) is 5.39. The molecule has 0 saturated heterocycles. The van der Waals surface area contributed by atoms with Crippen molar-refractivity contribution in [2.24, 2.45) is 0 Å². The molecular formula is C17H23N3O2S. The van der Waals surface area contributed by atoms with Gasteiger partial charge in [0.2, 0.25) is 11.8 Å². The lowest BCUT2D eigenvalue weighted by atomic mass is 9.79. The molecule has 5 nitrogen and oxygen atoms in total. The van der Waals surface area contributed by atoms with E-state index in [0.29, 0.717) is 11.1 Å². The summed E-state index contributed by atoms with van der Waals surface area (Å²) in [5.41, 5.74) is 1.28. The van der Waals surface area contributed by atoms with Crippen LogP contribution in [0.5, 0.6) is 0 Å². The molecule has 0 aliphatic rings. The zero-order chi connectivity index (χ0) is 16.9. The first-order chi connectivity index (χ1) is 10.9. The van der Waals surface area contributed by atoms with Crippen LogP contribution in [0.1, 0.15) is 38.6 Å². The summed E-state index contributed by atoms with van der Waals surface area (Å²) < 4.78 is 5.24. The normalized spacial score (nSPS) is 12.9. The fraction of sp³-hybridized carbons (Fsp3) is 0.471. The van der Waals surface area contributed by atoms with Crippen LogP contribution in [0.25, 0.3) is 0 Å². The first-order valence-electron chi connectivity index (χ1n) is 7.64. The highest BCUT2D eigenvalue weighted by molar-refractivity contribution is 7.99. The predicted molar refractivity (Wildman–Crippen MR) is 91.4 cm³/mol. The Balaban J connectivity index is 1.81. The Hall–Kier alpha value is -1.82. The second-order valence-electron chi connectivity index (χ2n) is 6.30. The van der Waals surface area contributed by atoms with Crippen molar-refractivity contribution in [3.05, 3.63) is 41.8 Å². The number of hydrogen-bond donors (Lipinski definition) is 1. The van der Waals surface area contributed by atoms with Gasteiger partial charge in [0.15, 0.2) is 0 Å². The first kappa shape index (κ1) is 17.5. The van der Waals surface area contributed by atoms with E-state index in [1.807, 2.05) is 25.1 Å². The molecule has 0 radical (unpaired) electrons. The molecule has 1 unspecified atom stereocenters. The van der Waals surface area contributed by atoms with E-state index in [4.69, 9.17) is 4.42 Å². The molecule has 124 valence electrons. The molecule has 1 heterocycles. The number of rotatable bonds is 7. The molecule has 1 N–H and O–H groups in total. The summed E-state index contributed by atoms with van der Waals surface area (Å²) in [4.78, 5) is 12.0. The molecule has 0 aliphatic carbocycles. The lowest BCUT2D eigenvalue weighted by molar-refractivity contribution is -0.119. The molecule has 1 amide bonds. The monoisotopic (exact) mass is 333 g/mol. The number of hydrogen-bond acceptors (Lipinski definition) is 5. The summed E-state index contributed by atoms with van der Waals surface area (Å²) >= 11 is 1.25. The molecule has 0 saturated carbocycles. The minimum absolute atomic E-state index is 0.00466. The van der Waals surface area contributed by atoms with Crippen molar-refractivity contribution in [3.8, 4) is 0 Å². The summed E-state index contributed by atoms with van der Waals surface area (Å²) in [7, 11) is 0. The van der Waals surface area contributed by atoms with Gasteiger partial charge in [-0.15, -0.1) is 10.2 Å². The van der Waals surface area contributed by atoms with Crippen LogP contribution in [0.3, 0.4) is 0 Å². The van der Waals surface area contributed by atoms with Gasteiger partial charge in [-0.2, -0.15) is 0 Å². The molecule has 1 aromatic carbocycles. The van der Waals surface area contributed by atoms with Gasteiger partial charge in [-0.05, 0) is 24.3 Å². The molecule has 1 aromatic heterocycles. The first-order valence-corrected chi connectivity index (χ1v) is 8.63. The number of thioether (sulfide) groups is 1. The van der Waals surface area contributed by atoms with Gasteiger partial charge in [-0.1, -0.05) is 55.9 Å². The maximum absolute atomic E-state index is 12.0. The zero-order valence-electron chi connectivity index (χ0n) is 14.0. The van der Waals surface area contributed by atoms with Crippen LogP contribution in [0.4, 0.5) is 0 Å². The molecule has 23 heavy (non-hydrogen) atoms. The molecule has 2 rings (SSSR count). The number of nitrogens with zero attached hydrogens (tertiary/aromatic N) is 2. The number of aromatic nitrogens is 2. The van der Waals surface area contributed by atoms with Crippen LogP contribution < -0.4 is 5.32 Å². The standard InChI is InChI=1S/C17H23N3O2S/c1-12(10-17(3,4)14-8-6-5-7-9-14)18-15(21)11-23-16-20-19-13(2)22-16/h5-9,12H,10-11H2,1-4H3,(H,18,21). The average Bonchev–Trinajstić information content (AvgIpc) is 2.91. The van der Waals surface area contributed by atoms with Crippen LogP contribution in [-0.4, -0.2) is 27.9 Å². The SMILES string of the molecule is Cc1nnc(SCC(=O)NC(C)CC(C)(C)c2ccccc2)o1. The highest BCUT2D eigenvalue weighted by atomic mass is 32.2. The molecule has 1 atom stereocenters. The Kier molecular flexibility index (Phi) is 5.82. The van der Waals surface area contributed by atoms with Crippen LogP contribution in [-0.2, 0) is 10.2 Å². The smallest absolute Gasteiger partial charge is 0.277 e. The van der Waals surface area contributed by atoms with Crippen LogP contribution >= 0.6 is 11.8 Å². The Bertz CT molecular complexity index is 640. The van der Waals surface area contributed by atoms with E-state index in [9.17, 15) is 4.79 Å². The molecule has 0 bridgehead atoms. The maximum atomic E-state index is 12.0. The van der Waals surface area contributed by atoms with Crippen molar-refractivity contribution in [1.29, 1.82) is 0 Å². The van der Waals surface area contributed by atoms with Gasteiger partial charge in [0, 0.05) is 13.0 Å². The number of carbonyl (C=O) groups excluding carboxylic acids is 1. The van der Waals surface area contributed by atoms with Gasteiger partial charge in [0.1, 0.15) is 0 Å². The fourth-order valence-electron chi connectivity index (χ4n) is 2.60. The highest BCUT2D eigenvalue weighted by Crippen LogP contribution is 2.28. The summed E-state index contributed by atoms with van der Waals surface area (Å²) in [6.07, 6.45) is 0.868. The summed E-state index contributed by atoms with van der Waals surface area (Å²) in [5, 5.41) is 11.1. The molecule has 0 spiro atoms. The van der Waals surface area contributed by atoms with Gasteiger partial charge in [-0.3, -0.25) is 4.79 Å². The minimum Gasteiger partial charge on any atom is -0.416 e. The molecule has 0 aliphatic heterocycles. The summed E-state index contributed by atoms with van der Waals surface area (Å²) in [5.74, 6) is 0.755. The topological polar surface area (TPSA) is 68.0 Å². The Morgan fingerprint density at radius 1 is 1.30 bits per heavy atom. The van der Waals surface area contributed by atoms with Crippen molar-refractivity contribution in [2.75, 3.05) is 5.75 Å². The molecule has 2 aromatic rings. The van der Waals surface area contributed by atoms with Crippen LogP contribution in [0, 0.1) is 6.92 Å². The molecule has 6 heteroatoms. The van der Waals surface area contributed by atoms with E-state index in [1.165, 1.54) is 17.3 Å². The minimum atomic E-state index is -0.0257. The lowest BCUT2D eigenvalue weighted by Crippen LogP contribution is -2.38. The number of aryl methyl sites for hydroxylation is 1. The number of nitrogens with one attached hydrogen (secondary N) is 1. The van der Waals surface area contributed by atoms with E-state index < -0.39 is 0 Å². The van der Waals surface area contributed by atoms with Crippen molar-refractivity contribution >= 4 is 17.7 Å². The summed E-state index contributed by atoms with van der Waals surface area (Å²) in [6.45, 7) is 8.15. The van der Waals surface area contributed by atoms with E-state index in [1.54, 1.807) is 6.92 Å². The van der Waals surface area contributed by atoms with Gasteiger partial charge in [-0.25, -0.2) is 0 Å². The molecular weight excluding hydrogens is 310 g/mol. The fourth-order valence-corrected chi connectivity index (χ4v) is 3.22. The van der Waals surface area contributed by atoms with Crippen LogP contribution in [0.15, 0.2) is 40.0 Å². The van der Waals surface area contributed by atoms with Crippen molar-refractivity contribution in [3.63, 3.8) is 0 Å². The summed E-state index contributed by atoms with van der Waals surface area (Å²) in [6, 6.07) is 10.4. The van der Waals surface area contributed by atoms with Gasteiger partial charge in [0.25, 0.3) is 5.22 Å². The Morgan fingerprint density at radius 2 is 2.00 bits per heavy atom. The number of amides is 1.